The van der Waals surface area contributed by atoms with Crippen molar-refractivity contribution in [2.24, 2.45) is 0 Å². The molecular formula is C14H14FN3O. The van der Waals surface area contributed by atoms with Crippen LogP contribution in [0.4, 0.5) is 14.9 Å². The summed E-state index contributed by atoms with van der Waals surface area (Å²) >= 11 is 0. The molecule has 0 fully saturated rings. The molecule has 2 rings (SSSR count). The molecule has 2 aromatic rings. The van der Waals surface area contributed by atoms with Gasteiger partial charge in [-0.15, -0.1) is 0 Å². The molecular weight excluding hydrogens is 245 g/mol. The van der Waals surface area contributed by atoms with Crippen LogP contribution in [-0.2, 0) is 6.42 Å². The van der Waals surface area contributed by atoms with Crippen molar-refractivity contribution in [1.82, 2.24) is 10.3 Å². The number of urea groups is 1. The number of anilines is 1. The Morgan fingerprint density at radius 2 is 2.00 bits per heavy atom. The molecule has 1 heterocycles. The van der Waals surface area contributed by atoms with Crippen molar-refractivity contribution in [1.29, 1.82) is 0 Å². The average molecular weight is 259 g/mol. The summed E-state index contributed by atoms with van der Waals surface area (Å²) in [4.78, 5) is 15.6. The second-order valence-corrected chi connectivity index (χ2v) is 4.00. The highest BCUT2D eigenvalue weighted by Gasteiger charge is 2.01. The molecule has 98 valence electrons. The van der Waals surface area contributed by atoms with E-state index >= 15 is 0 Å². The number of benzene rings is 1. The van der Waals surface area contributed by atoms with Gasteiger partial charge in [-0.25, -0.2) is 9.18 Å². The lowest BCUT2D eigenvalue weighted by atomic mass is 10.2. The van der Waals surface area contributed by atoms with Crippen molar-refractivity contribution >= 4 is 11.7 Å². The van der Waals surface area contributed by atoms with Crippen LogP contribution in [0.5, 0.6) is 0 Å². The maximum atomic E-state index is 12.7. The van der Waals surface area contributed by atoms with Crippen molar-refractivity contribution < 1.29 is 9.18 Å². The molecule has 2 amide bonds. The van der Waals surface area contributed by atoms with E-state index in [1.54, 1.807) is 12.4 Å². The Labute approximate surface area is 110 Å². The smallest absolute Gasteiger partial charge is 0.319 e. The largest absolute Gasteiger partial charge is 0.338 e. The van der Waals surface area contributed by atoms with E-state index in [4.69, 9.17) is 0 Å². The highest BCUT2D eigenvalue weighted by Crippen LogP contribution is 2.07. The van der Waals surface area contributed by atoms with Gasteiger partial charge < -0.3 is 10.6 Å². The topological polar surface area (TPSA) is 54.0 Å². The zero-order valence-corrected chi connectivity index (χ0v) is 10.3. The fourth-order valence-corrected chi connectivity index (χ4v) is 1.57. The summed E-state index contributed by atoms with van der Waals surface area (Å²) in [6.45, 7) is 0.513. The molecule has 2 N–H and O–H groups in total. The van der Waals surface area contributed by atoms with Gasteiger partial charge in [0, 0.05) is 24.6 Å². The van der Waals surface area contributed by atoms with E-state index in [1.165, 1.54) is 24.3 Å². The number of amides is 2. The molecule has 19 heavy (non-hydrogen) atoms. The van der Waals surface area contributed by atoms with Crippen LogP contribution in [0.2, 0.25) is 0 Å². The molecule has 0 aliphatic heterocycles. The Kier molecular flexibility index (Phi) is 4.44. The van der Waals surface area contributed by atoms with Gasteiger partial charge in [-0.1, -0.05) is 6.07 Å². The van der Waals surface area contributed by atoms with Crippen molar-refractivity contribution in [2.75, 3.05) is 11.9 Å². The minimum atomic E-state index is -0.331. The van der Waals surface area contributed by atoms with Crippen molar-refractivity contribution in [3.63, 3.8) is 0 Å². The third-order valence-corrected chi connectivity index (χ3v) is 2.52. The first-order valence-electron chi connectivity index (χ1n) is 5.93. The monoisotopic (exact) mass is 259 g/mol. The lowest BCUT2D eigenvalue weighted by Crippen LogP contribution is -2.30. The first-order chi connectivity index (χ1) is 9.24. The number of rotatable bonds is 4. The molecule has 0 bridgehead atoms. The van der Waals surface area contributed by atoms with E-state index in [1.807, 2.05) is 12.1 Å². The molecule has 1 aromatic heterocycles. The molecule has 0 unspecified atom stereocenters. The Bertz CT molecular complexity index is 528. The summed E-state index contributed by atoms with van der Waals surface area (Å²) in [5, 5.41) is 5.35. The Morgan fingerprint density at radius 3 is 2.68 bits per heavy atom. The predicted octanol–water partition coefficient (Wildman–Crippen LogP) is 2.58. The van der Waals surface area contributed by atoms with Gasteiger partial charge >= 0.3 is 6.03 Å². The van der Waals surface area contributed by atoms with Crippen LogP contribution in [0, 0.1) is 5.82 Å². The number of nitrogens with one attached hydrogen (secondary N) is 2. The Hall–Kier alpha value is -2.43. The van der Waals surface area contributed by atoms with Crippen LogP contribution in [0.15, 0.2) is 48.8 Å². The molecule has 0 saturated heterocycles. The Balaban J connectivity index is 1.74. The Morgan fingerprint density at radius 1 is 1.21 bits per heavy atom. The number of hydrogen-bond acceptors (Lipinski definition) is 2. The summed E-state index contributed by atoms with van der Waals surface area (Å²) in [6, 6.07) is 9.11. The number of pyridine rings is 1. The number of carbonyl (C=O) groups excluding carboxylic acids is 1. The van der Waals surface area contributed by atoms with E-state index in [9.17, 15) is 9.18 Å². The number of aromatic nitrogens is 1. The van der Waals surface area contributed by atoms with Crippen LogP contribution in [0.3, 0.4) is 0 Å². The van der Waals surface area contributed by atoms with E-state index in [0.717, 1.165) is 5.56 Å². The van der Waals surface area contributed by atoms with Gasteiger partial charge in [0.25, 0.3) is 0 Å². The summed E-state index contributed by atoms with van der Waals surface area (Å²) < 4.78 is 12.7. The van der Waals surface area contributed by atoms with E-state index in [2.05, 4.69) is 15.6 Å². The SMILES string of the molecule is O=C(NCCc1cccnc1)Nc1ccc(F)cc1. The second kappa shape index (κ2) is 6.49. The van der Waals surface area contributed by atoms with Crippen LogP contribution >= 0.6 is 0 Å². The second-order valence-electron chi connectivity index (χ2n) is 4.00. The summed E-state index contributed by atoms with van der Waals surface area (Å²) in [6.07, 6.45) is 4.18. The normalized spacial score (nSPS) is 9.95. The van der Waals surface area contributed by atoms with Crippen LogP contribution in [0.25, 0.3) is 0 Å². The third-order valence-electron chi connectivity index (χ3n) is 2.52. The highest BCUT2D eigenvalue weighted by molar-refractivity contribution is 5.89. The summed E-state index contributed by atoms with van der Waals surface area (Å²) in [5.41, 5.74) is 1.62. The number of hydrogen-bond donors (Lipinski definition) is 2. The molecule has 0 radical (unpaired) electrons. The zero-order chi connectivity index (χ0) is 13.5. The van der Waals surface area contributed by atoms with Gasteiger partial charge in [0.1, 0.15) is 5.82 Å². The lowest BCUT2D eigenvalue weighted by Gasteiger charge is -2.07. The lowest BCUT2D eigenvalue weighted by molar-refractivity contribution is 0.252. The maximum Gasteiger partial charge on any atom is 0.319 e. The number of carbonyl (C=O) groups is 1. The summed E-state index contributed by atoms with van der Waals surface area (Å²) in [5.74, 6) is -0.331. The molecule has 0 spiro atoms. The first-order valence-corrected chi connectivity index (χ1v) is 5.93. The van der Waals surface area contributed by atoms with Gasteiger partial charge in [0.05, 0.1) is 0 Å². The van der Waals surface area contributed by atoms with Gasteiger partial charge in [-0.2, -0.15) is 0 Å². The van der Waals surface area contributed by atoms with Crippen molar-refractivity contribution in [3.05, 3.63) is 60.2 Å². The van der Waals surface area contributed by atoms with E-state index < -0.39 is 0 Å². The highest BCUT2D eigenvalue weighted by atomic mass is 19.1. The fraction of sp³-hybridized carbons (Fsp3) is 0.143. The zero-order valence-electron chi connectivity index (χ0n) is 10.3. The number of halogens is 1. The minimum Gasteiger partial charge on any atom is -0.338 e. The summed E-state index contributed by atoms with van der Waals surface area (Å²) in [7, 11) is 0. The van der Waals surface area contributed by atoms with Crippen LogP contribution < -0.4 is 10.6 Å². The number of nitrogens with zero attached hydrogens (tertiary/aromatic N) is 1. The fourth-order valence-electron chi connectivity index (χ4n) is 1.57. The molecule has 0 atom stereocenters. The molecule has 5 heteroatoms. The van der Waals surface area contributed by atoms with Crippen LogP contribution in [0.1, 0.15) is 5.56 Å². The third kappa shape index (κ3) is 4.39. The van der Waals surface area contributed by atoms with Gasteiger partial charge in [0.15, 0.2) is 0 Å². The molecule has 4 nitrogen and oxygen atoms in total. The quantitative estimate of drug-likeness (QED) is 0.886. The van der Waals surface area contributed by atoms with Crippen LogP contribution in [-0.4, -0.2) is 17.6 Å². The average Bonchev–Trinajstić information content (AvgIpc) is 2.43. The molecule has 0 aliphatic rings. The standard InChI is InChI=1S/C14H14FN3O/c15-12-3-5-13(6-4-12)18-14(19)17-9-7-11-2-1-8-16-10-11/h1-6,8,10H,7,9H2,(H2,17,18,19). The molecule has 0 saturated carbocycles. The van der Waals surface area contributed by atoms with Gasteiger partial charge in [-0.05, 0) is 42.3 Å². The predicted molar refractivity (Wildman–Crippen MR) is 71.4 cm³/mol. The van der Waals surface area contributed by atoms with Gasteiger partial charge in [-0.3, -0.25) is 4.98 Å². The van der Waals surface area contributed by atoms with Crippen molar-refractivity contribution in [2.45, 2.75) is 6.42 Å². The molecule has 1 aromatic carbocycles. The van der Waals surface area contributed by atoms with E-state index in [0.29, 0.717) is 18.7 Å². The minimum absolute atomic E-state index is 0.310. The molecule has 0 aliphatic carbocycles. The van der Waals surface area contributed by atoms with E-state index in [-0.39, 0.29) is 11.8 Å². The van der Waals surface area contributed by atoms with Gasteiger partial charge in [0.2, 0.25) is 0 Å². The maximum absolute atomic E-state index is 12.7. The van der Waals surface area contributed by atoms with Crippen molar-refractivity contribution in [3.8, 4) is 0 Å². The first kappa shape index (κ1) is 13.0.